The Morgan fingerprint density at radius 2 is 1.76 bits per heavy atom. The van der Waals surface area contributed by atoms with E-state index in [1.807, 2.05) is 19.1 Å². The van der Waals surface area contributed by atoms with E-state index < -0.39 is 51.3 Å². The number of fused-ring (bicyclic) bond motifs is 2. The summed E-state index contributed by atoms with van der Waals surface area (Å²) in [5.41, 5.74) is -2.14. The molecule has 5 atom stereocenters. The number of ether oxygens (including phenoxy) is 1. The van der Waals surface area contributed by atoms with E-state index in [1.54, 1.807) is 20.8 Å². The van der Waals surface area contributed by atoms with Gasteiger partial charge in [-0.2, -0.15) is 12.7 Å². The zero-order chi connectivity index (χ0) is 30.7. The fraction of sp³-hybridized carbons (Fsp3) is 0.793. The fourth-order valence-electron chi connectivity index (χ4n) is 6.24. The van der Waals surface area contributed by atoms with E-state index in [0.717, 1.165) is 38.5 Å². The minimum absolute atomic E-state index is 0.223. The molecule has 13 heteroatoms. The van der Waals surface area contributed by atoms with E-state index in [-0.39, 0.29) is 24.3 Å². The van der Waals surface area contributed by atoms with Gasteiger partial charge in [-0.25, -0.2) is 9.52 Å². The molecule has 1 saturated carbocycles. The lowest BCUT2D eigenvalue weighted by molar-refractivity contribution is -0.141. The van der Waals surface area contributed by atoms with Crippen molar-refractivity contribution in [2.75, 3.05) is 13.1 Å². The minimum atomic E-state index is -4.09. The highest BCUT2D eigenvalue weighted by Gasteiger charge is 2.61. The first-order chi connectivity index (χ1) is 19.7. The molecule has 3 aliphatic heterocycles. The summed E-state index contributed by atoms with van der Waals surface area (Å²) in [6.07, 6.45) is 10.3. The number of carbonyl (C=O) groups is 4. The van der Waals surface area contributed by atoms with Gasteiger partial charge in [0.25, 0.3) is 5.91 Å². The van der Waals surface area contributed by atoms with E-state index in [4.69, 9.17) is 4.74 Å². The molecule has 4 amide bonds. The molecule has 2 saturated heterocycles. The molecule has 1 aliphatic carbocycles. The smallest absolute Gasteiger partial charge is 0.408 e. The zero-order valence-corrected chi connectivity index (χ0v) is 26.1. The van der Waals surface area contributed by atoms with Gasteiger partial charge in [0.15, 0.2) is 0 Å². The quantitative estimate of drug-likeness (QED) is 0.414. The third-order valence-corrected chi connectivity index (χ3v) is 10.2. The maximum absolute atomic E-state index is 13.7. The summed E-state index contributed by atoms with van der Waals surface area (Å²) < 4.78 is 35.4. The summed E-state index contributed by atoms with van der Waals surface area (Å²) in [6.45, 7) is 7.74. The molecule has 4 aliphatic rings. The van der Waals surface area contributed by atoms with Crippen LogP contribution in [0.15, 0.2) is 12.2 Å². The molecule has 0 bridgehead atoms. The first-order valence-corrected chi connectivity index (χ1v) is 16.8. The number of nitrogens with zero attached hydrogens (tertiary/aromatic N) is 2. The molecule has 0 spiro atoms. The van der Waals surface area contributed by atoms with Crippen LogP contribution in [0, 0.1) is 5.92 Å². The Labute approximate surface area is 249 Å². The monoisotopic (exact) mass is 609 g/mol. The number of rotatable bonds is 4. The van der Waals surface area contributed by atoms with Gasteiger partial charge in [-0.1, -0.05) is 31.4 Å². The Bertz CT molecular complexity index is 1180. The highest BCUT2D eigenvalue weighted by atomic mass is 32.2. The molecule has 42 heavy (non-hydrogen) atoms. The van der Waals surface area contributed by atoms with Gasteiger partial charge in [0.2, 0.25) is 11.8 Å². The standard InChI is InChI=1S/C29H47N5O7S/c1-20-13-10-11-18-34(20)42(39,40)32-26(37)29-19-21(29)14-8-6-5-7-9-15-22(30-27(38)41-28(2,3)4)25(36)33-17-12-16-23(33)24(35)31-29/h8,14,20-23H,5-7,9-13,15-19H2,1-4H3,(H,30,38)(H,31,35)(H,32,37)/b14-8-/t20?,21-,22-,23-,29+/m0/s1. The predicted octanol–water partition coefficient (Wildman–Crippen LogP) is 2.50. The number of carbonyl (C=O) groups excluding carboxylic acids is 4. The molecular weight excluding hydrogens is 562 g/mol. The average molecular weight is 610 g/mol. The summed E-state index contributed by atoms with van der Waals surface area (Å²) in [4.78, 5) is 55.0. The maximum atomic E-state index is 13.7. The van der Waals surface area contributed by atoms with Crippen LogP contribution in [0.2, 0.25) is 0 Å². The second-order valence-corrected chi connectivity index (χ2v) is 14.7. The largest absolute Gasteiger partial charge is 0.444 e. The molecule has 12 nitrogen and oxygen atoms in total. The summed E-state index contributed by atoms with van der Waals surface area (Å²) in [7, 11) is -4.09. The van der Waals surface area contributed by atoms with E-state index >= 15 is 0 Å². The molecule has 3 fully saturated rings. The number of allylic oxidation sites excluding steroid dienone is 1. The van der Waals surface area contributed by atoms with Gasteiger partial charge in [0, 0.05) is 25.0 Å². The Balaban J connectivity index is 1.54. The highest BCUT2D eigenvalue weighted by Crippen LogP contribution is 2.45. The summed E-state index contributed by atoms with van der Waals surface area (Å²) in [6, 6.07) is -1.91. The Hall–Kier alpha value is -2.67. The molecule has 0 aromatic carbocycles. The molecule has 3 heterocycles. The molecule has 0 aromatic heterocycles. The van der Waals surface area contributed by atoms with Crippen LogP contribution >= 0.6 is 0 Å². The van der Waals surface area contributed by atoms with Crippen molar-refractivity contribution < 1.29 is 32.3 Å². The lowest BCUT2D eigenvalue weighted by Gasteiger charge is -2.33. The summed E-state index contributed by atoms with van der Waals surface area (Å²) in [5, 5.41) is 5.58. The van der Waals surface area contributed by atoms with Gasteiger partial charge >= 0.3 is 16.3 Å². The Morgan fingerprint density at radius 3 is 2.48 bits per heavy atom. The van der Waals surface area contributed by atoms with Gasteiger partial charge in [-0.05, 0) is 79.1 Å². The normalized spacial score (nSPS) is 32.3. The van der Waals surface area contributed by atoms with Crippen molar-refractivity contribution in [2.24, 2.45) is 5.92 Å². The second-order valence-electron chi connectivity index (χ2n) is 13.1. The van der Waals surface area contributed by atoms with E-state index in [9.17, 15) is 27.6 Å². The molecule has 4 rings (SSSR count). The molecule has 236 valence electrons. The van der Waals surface area contributed by atoms with Gasteiger partial charge < -0.3 is 20.3 Å². The van der Waals surface area contributed by atoms with Crippen LogP contribution in [-0.4, -0.2) is 83.8 Å². The number of hydrogen-bond acceptors (Lipinski definition) is 7. The molecule has 0 aromatic rings. The number of nitrogens with one attached hydrogen (secondary N) is 3. The van der Waals surface area contributed by atoms with Gasteiger partial charge in [0.1, 0.15) is 23.2 Å². The van der Waals surface area contributed by atoms with Crippen molar-refractivity contribution in [1.82, 2.24) is 24.6 Å². The third-order valence-electron chi connectivity index (χ3n) is 8.60. The van der Waals surface area contributed by atoms with Gasteiger partial charge in [-0.15, -0.1) is 0 Å². The first-order valence-electron chi connectivity index (χ1n) is 15.4. The Kier molecular flexibility index (Phi) is 9.91. The number of piperidine rings is 1. The molecular formula is C29H47N5O7S. The summed E-state index contributed by atoms with van der Waals surface area (Å²) in [5.74, 6) is -1.97. The molecule has 1 unspecified atom stereocenters. The molecule has 3 N–H and O–H groups in total. The van der Waals surface area contributed by atoms with E-state index in [1.165, 1.54) is 9.21 Å². The van der Waals surface area contributed by atoms with Crippen LogP contribution in [0.25, 0.3) is 0 Å². The first kappa shape index (κ1) is 32.2. The highest BCUT2D eigenvalue weighted by molar-refractivity contribution is 7.87. The van der Waals surface area contributed by atoms with Crippen molar-refractivity contribution in [3.8, 4) is 0 Å². The lowest BCUT2D eigenvalue weighted by atomic mass is 10.0. The van der Waals surface area contributed by atoms with Gasteiger partial charge in [0.05, 0.1) is 0 Å². The SMILES string of the molecule is CC1CCCCN1S(=O)(=O)NC(=O)[C@@]12C[C@@H]1/C=C\CCCCC[C@H](NC(=O)OC(C)(C)C)C(=O)N1CCC[C@H]1C(=O)N2. The third kappa shape index (κ3) is 7.64. The van der Waals surface area contributed by atoms with Crippen LogP contribution in [0.5, 0.6) is 0 Å². The minimum Gasteiger partial charge on any atom is -0.444 e. The van der Waals surface area contributed by atoms with Crippen molar-refractivity contribution in [2.45, 2.75) is 128 Å². The Morgan fingerprint density at radius 1 is 1.02 bits per heavy atom. The number of amides is 4. The van der Waals surface area contributed by atoms with Crippen LogP contribution in [0.4, 0.5) is 4.79 Å². The topological polar surface area (TPSA) is 154 Å². The predicted molar refractivity (Wildman–Crippen MR) is 156 cm³/mol. The van der Waals surface area contributed by atoms with Crippen LogP contribution in [-0.2, 0) is 29.3 Å². The molecule has 0 radical (unpaired) electrons. The van der Waals surface area contributed by atoms with Crippen LogP contribution in [0.3, 0.4) is 0 Å². The van der Waals surface area contributed by atoms with Crippen molar-refractivity contribution in [3.05, 3.63) is 12.2 Å². The van der Waals surface area contributed by atoms with Crippen molar-refractivity contribution >= 4 is 34.0 Å². The zero-order valence-electron chi connectivity index (χ0n) is 25.3. The van der Waals surface area contributed by atoms with Gasteiger partial charge in [-0.3, -0.25) is 14.4 Å². The van der Waals surface area contributed by atoms with Crippen molar-refractivity contribution in [3.63, 3.8) is 0 Å². The van der Waals surface area contributed by atoms with Crippen LogP contribution < -0.4 is 15.4 Å². The van der Waals surface area contributed by atoms with Crippen LogP contribution in [0.1, 0.15) is 98.3 Å². The van der Waals surface area contributed by atoms with Crippen molar-refractivity contribution in [1.29, 1.82) is 0 Å². The lowest BCUT2D eigenvalue weighted by Crippen LogP contribution is -2.59. The fourth-order valence-corrected chi connectivity index (χ4v) is 7.72. The van der Waals surface area contributed by atoms with E-state index in [0.29, 0.717) is 38.8 Å². The second kappa shape index (κ2) is 12.9. The number of hydrogen-bond donors (Lipinski definition) is 3. The average Bonchev–Trinajstić information content (AvgIpc) is 3.35. The maximum Gasteiger partial charge on any atom is 0.408 e. The number of alkyl carbamates (subject to hydrolysis) is 1. The van der Waals surface area contributed by atoms with E-state index in [2.05, 4.69) is 15.4 Å². The summed E-state index contributed by atoms with van der Waals surface area (Å²) >= 11 is 0.